The molecule has 0 aliphatic heterocycles. The van der Waals surface area contributed by atoms with E-state index in [1.165, 1.54) is 5.56 Å². The van der Waals surface area contributed by atoms with E-state index in [1.807, 2.05) is 18.3 Å². The van der Waals surface area contributed by atoms with E-state index in [1.54, 1.807) is 12.3 Å². The van der Waals surface area contributed by atoms with E-state index in [0.717, 1.165) is 11.4 Å². The van der Waals surface area contributed by atoms with Gasteiger partial charge in [-0.2, -0.15) is 5.10 Å². The third-order valence-corrected chi connectivity index (χ3v) is 2.77. The highest BCUT2D eigenvalue weighted by molar-refractivity contribution is 5.26. The van der Waals surface area contributed by atoms with E-state index in [-0.39, 0.29) is 0 Å². The van der Waals surface area contributed by atoms with Gasteiger partial charge in [-0.05, 0) is 29.7 Å². The van der Waals surface area contributed by atoms with Crippen molar-refractivity contribution in [3.05, 3.63) is 41.9 Å². The van der Waals surface area contributed by atoms with Crippen LogP contribution in [0.3, 0.4) is 0 Å². The summed E-state index contributed by atoms with van der Waals surface area (Å²) >= 11 is 0. The molecule has 0 radical (unpaired) electrons. The zero-order chi connectivity index (χ0) is 13.7. The number of rotatable bonds is 5. The van der Waals surface area contributed by atoms with Gasteiger partial charge >= 0.3 is 0 Å². The van der Waals surface area contributed by atoms with Crippen LogP contribution in [0.25, 0.3) is 0 Å². The van der Waals surface area contributed by atoms with Crippen LogP contribution in [0.4, 0.5) is 5.82 Å². The van der Waals surface area contributed by atoms with Crippen LogP contribution in [0.1, 0.15) is 31.0 Å². The number of nitrogens with zero attached hydrogens (tertiary/aromatic N) is 3. The number of nitrogen functional groups attached to an aromatic ring is 1. The standard InChI is InChI=1S/C14H18N4O/c1-10(2)11-7-13(9-16-8-11)19-6-5-12-3-4-14(15)18-17-12/h3-4,7-10H,5-6H2,1-2H3,(H2,15,18). The van der Waals surface area contributed by atoms with E-state index in [4.69, 9.17) is 10.5 Å². The summed E-state index contributed by atoms with van der Waals surface area (Å²) < 4.78 is 5.67. The molecule has 5 heteroatoms. The molecule has 2 rings (SSSR count). The number of aromatic nitrogens is 3. The fraction of sp³-hybridized carbons (Fsp3) is 0.357. The SMILES string of the molecule is CC(C)c1cncc(OCCc2ccc(N)nn2)c1. The Bertz CT molecular complexity index is 525. The van der Waals surface area contributed by atoms with Crippen molar-refractivity contribution < 1.29 is 4.74 Å². The fourth-order valence-corrected chi connectivity index (χ4v) is 1.61. The molecule has 0 bridgehead atoms. The summed E-state index contributed by atoms with van der Waals surface area (Å²) in [6.07, 6.45) is 4.28. The van der Waals surface area contributed by atoms with Crippen LogP contribution >= 0.6 is 0 Å². The van der Waals surface area contributed by atoms with Gasteiger partial charge in [-0.15, -0.1) is 5.10 Å². The summed E-state index contributed by atoms with van der Waals surface area (Å²) in [5.41, 5.74) is 7.51. The first-order valence-corrected chi connectivity index (χ1v) is 6.31. The van der Waals surface area contributed by atoms with Crippen LogP contribution in [-0.2, 0) is 6.42 Å². The minimum Gasteiger partial charge on any atom is -0.492 e. The first-order chi connectivity index (χ1) is 9.15. The van der Waals surface area contributed by atoms with Gasteiger partial charge in [0.15, 0.2) is 0 Å². The molecule has 0 saturated carbocycles. The number of hydrogen-bond donors (Lipinski definition) is 1. The Labute approximate surface area is 112 Å². The van der Waals surface area contributed by atoms with Crippen molar-refractivity contribution >= 4 is 5.82 Å². The highest BCUT2D eigenvalue weighted by Gasteiger charge is 2.02. The summed E-state index contributed by atoms with van der Waals surface area (Å²) in [6, 6.07) is 5.62. The molecule has 0 amide bonds. The highest BCUT2D eigenvalue weighted by Crippen LogP contribution is 2.18. The first-order valence-electron chi connectivity index (χ1n) is 6.31. The van der Waals surface area contributed by atoms with Crippen LogP contribution in [0.2, 0.25) is 0 Å². The molecule has 0 aliphatic carbocycles. The van der Waals surface area contributed by atoms with Gasteiger partial charge in [0.1, 0.15) is 11.6 Å². The number of nitrogens with two attached hydrogens (primary N) is 1. The second kappa shape index (κ2) is 6.13. The molecular formula is C14H18N4O. The number of hydrogen-bond acceptors (Lipinski definition) is 5. The molecule has 0 aliphatic rings. The fourth-order valence-electron chi connectivity index (χ4n) is 1.61. The average molecular weight is 258 g/mol. The van der Waals surface area contributed by atoms with Crippen LogP contribution in [0.5, 0.6) is 5.75 Å². The van der Waals surface area contributed by atoms with Crippen molar-refractivity contribution in [1.82, 2.24) is 15.2 Å². The van der Waals surface area contributed by atoms with E-state index < -0.39 is 0 Å². The molecule has 2 aromatic heterocycles. The maximum Gasteiger partial charge on any atom is 0.146 e. The normalized spacial score (nSPS) is 10.7. The predicted octanol–water partition coefficient (Wildman–Crippen LogP) is 2.20. The summed E-state index contributed by atoms with van der Waals surface area (Å²) in [7, 11) is 0. The minimum absolute atomic E-state index is 0.429. The van der Waals surface area contributed by atoms with Gasteiger partial charge in [-0.3, -0.25) is 4.98 Å². The molecule has 0 unspecified atom stereocenters. The summed E-state index contributed by atoms with van der Waals surface area (Å²) in [6.45, 7) is 4.80. The Balaban J connectivity index is 1.88. The lowest BCUT2D eigenvalue weighted by atomic mass is 10.1. The largest absolute Gasteiger partial charge is 0.492 e. The Kier molecular flexibility index (Phi) is 4.28. The predicted molar refractivity (Wildman–Crippen MR) is 74.0 cm³/mol. The Hall–Kier alpha value is -2.17. The van der Waals surface area contributed by atoms with Crippen molar-refractivity contribution in [1.29, 1.82) is 0 Å². The van der Waals surface area contributed by atoms with Gasteiger partial charge in [0.05, 0.1) is 18.5 Å². The zero-order valence-electron chi connectivity index (χ0n) is 11.2. The maximum absolute atomic E-state index is 5.67. The Morgan fingerprint density at radius 1 is 1.21 bits per heavy atom. The van der Waals surface area contributed by atoms with Crippen molar-refractivity contribution in [2.24, 2.45) is 0 Å². The van der Waals surface area contributed by atoms with Crippen molar-refractivity contribution in [2.75, 3.05) is 12.3 Å². The van der Waals surface area contributed by atoms with E-state index in [0.29, 0.717) is 24.8 Å². The molecule has 0 aromatic carbocycles. The van der Waals surface area contributed by atoms with Gasteiger partial charge < -0.3 is 10.5 Å². The van der Waals surface area contributed by atoms with Crippen molar-refractivity contribution in [2.45, 2.75) is 26.2 Å². The third-order valence-electron chi connectivity index (χ3n) is 2.77. The molecule has 0 atom stereocenters. The van der Waals surface area contributed by atoms with E-state index in [9.17, 15) is 0 Å². The molecule has 2 aromatic rings. The van der Waals surface area contributed by atoms with E-state index >= 15 is 0 Å². The number of ether oxygens (including phenoxy) is 1. The molecule has 100 valence electrons. The number of anilines is 1. The Morgan fingerprint density at radius 3 is 2.74 bits per heavy atom. The van der Waals surface area contributed by atoms with Gasteiger partial charge in [-0.1, -0.05) is 13.8 Å². The third kappa shape index (κ3) is 3.91. The summed E-state index contributed by atoms with van der Waals surface area (Å²) in [4.78, 5) is 4.17. The van der Waals surface area contributed by atoms with Crippen LogP contribution in [-0.4, -0.2) is 21.8 Å². The topological polar surface area (TPSA) is 73.9 Å². The van der Waals surface area contributed by atoms with E-state index in [2.05, 4.69) is 29.0 Å². The second-order valence-corrected chi connectivity index (χ2v) is 4.66. The molecule has 0 spiro atoms. The molecular weight excluding hydrogens is 240 g/mol. The smallest absolute Gasteiger partial charge is 0.146 e. The molecule has 19 heavy (non-hydrogen) atoms. The lowest BCUT2D eigenvalue weighted by molar-refractivity contribution is 0.318. The average Bonchev–Trinajstić information content (AvgIpc) is 2.41. The zero-order valence-corrected chi connectivity index (χ0v) is 11.2. The molecule has 5 nitrogen and oxygen atoms in total. The highest BCUT2D eigenvalue weighted by atomic mass is 16.5. The molecule has 0 fully saturated rings. The van der Waals surface area contributed by atoms with Crippen LogP contribution in [0.15, 0.2) is 30.6 Å². The molecule has 0 saturated heterocycles. The molecule has 2 N–H and O–H groups in total. The van der Waals surface area contributed by atoms with Crippen LogP contribution < -0.4 is 10.5 Å². The van der Waals surface area contributed by atoms with Crippen LogP contribution in [0, 0.1) is 0 Å². The first kappa shape index (κ1) is 13.3. The lowest BCUT2D eigenvalue weighted by Crippen LogP contribution is -2.05. The quantitative estimate of drug-likeness (QED) is 0.890. The maximum atomic E-state index is 5.67. The van der Waals surface area contributed by atoms with Gasteiger partial charge in [0.25, 0.3) is 0 Å². The number of pyridine rings is 1. The Morgan fingerprint density at radius 2 is 2.05 bits per heavy atom. The lowest BCUT2D eigenvalue weighted by Gasteiger charge is -2.09. The van der Waals surface area contributed by atoms with Crippen molar-refractivity contribution in [3.8, 4) is 5.75 Å². The van der Waals surface area contributed by atoms with Gasteiger partial charge in [0.2, 0.25) is 0 Å². The summed E-state index contributed by atoms with van der Waals surface area (Å²) in [5, 5.41) is 7.79. The second-order valence-electron chi connectivity index (χ2n) is 4.66. The molecule has 2 heterocycles. The van der Waals surface area contributed by atoms with Gasteiger partial charge in [-0.25, -0.2) is 0 Å². The van der Waals surface area contributed by atoms with Crippen molar-refractivity contribution in [3.63, 3.8) is 0 Å². The minimum atomic E-state index is 0.429. The monoisotopic (exact) mass is 258 g/mol. The summed E-state index contributed by atoms with van der Waals surface area (Å²) in [5.74, 6) is 1.66. The van der Waals surface area contributed by atoms with Gasteiger partial charge in [0, 0.05) is 12.6 Å².